The van der Waals surface area contributed by atoms with E-state index < -0.39 is 0 Å². The Balaban J connectivity index is 1.23. The first-order valence-corrected chi connectivity index (χ1v) is 17.6. The van der Waals surface area contributed by atoms with Crippen molar-refractivity contribution >= 4 is 54.9 Å². The van der Waals surface area contributed by atoms with Crippen LogP contribution in [0.5, 0.6) is 0 Å². The summed E-state index contributed by atoms with van der Waals surface area (Å²) in [7, 11) is 0. The molecule has 0 radical (unpaired) electrons. The lowest BCUT2D eigenvalue weighted by Gasteiger charge is -2.28. The van der Waals surface area contributed by atoms with Gasteiger partial charge in [0.2, 0.25) is 0 Å². The summed E-state index contributed by atoms with van der Waals surface area (Å²) in [6.45, 7) is 0. The van der Waals surface area contributed by atoms with Gasteiger partial charge in [-0.15, -0.1) is 11.3 Å². The molecule has 8 aromatic rings. The van der Waals surface area contributed by atoms with Crippen molar-refractivity contribution in [2.24, 2.45) is 4.99 Å². The highest BCUT2D eigenvalue weighted by Gasteiger charge is 2.30. The van der Waals surface area contributed by atoms with Crippen LogP contribution in [0.25, 0.3) is 66.2 Å². The molecule has 0 bridgehead atoms. The monoisotopic (exact) mass is 663 g/mol. The van der Waals surface area contributed by atoms with Crippen LogP contribution in [-0.4, -0.2) is 20.8 Å². The standard InChI is InChI=1S/C43H29N5OS/c1-4-14-26(15-5-1)37-39-38(31-21-11-13-23-35(31)50-39)45-42(44-37)29-24-32(36-30-20-10-12-22-33(30)49-34(36)25-29)43-47-40(27-16-6-2-7-17-27)46-41(48-43)28-18-8-3-9-19-28/h1-4,6-14,16-25,37H,5,15H2,(H,44,45). The average molecular weight is 664 g/mol. The quantitative estimate of drug-likeness (QED) is 0.198. The van der Waals surface area contributed by atoms with Crippen molar-refractivity contribution < 1.29 is 4.42 Å². The zero-order valence-electron chi connectivity index (χ0n) is 26.9. The maximum atomic E-state index is 6.57. The normalized spacial score (nSPS) is 15.6. The topological polar surface area (TPSA) is 76.2 Å². The number of hydrogen-bond donors (Lipinski definition) is 1. The molecule has 50 heavy (non-hydrogen) atoms. The van der Waals surface area contributed by atoms with Gasteiger partial charge in [0.15, 0.2) is 17.5 Å². The number of allylic oxidation sites excluding steroid dienone is 3. The maximum absolute atomic E-state index is 6.57. The summed E-state index contributed by atoms with van der Waals surface area (Å²) in [5.41, 5.74) is 7.57. The third kappa shape index (κ3) is 4.85. The lowest BCUT2D eigenvalue weighted by atomic mass is 9.94. The summed E-state index contributed by atoms with van der Waals surface area (Å²) in [5.74, 6) is 2.60. The van der Waals surface area contributed by atoms with Crippen LogP contribution < -0.4 is 5.32 Å². The van der Waals surface area contributed by atoms with E-state index in [9.17, 15) is 0 Å². The number of thiophene rings is 1. The molecule has 7 heteroatoms. The molecule has 0 saturated carbocycles. The van der Waals surface area contributed by atoms with Crippen LogP contribution in [0.4, 0.5) is 5.69 Å². The first kappa shape index (κ1) is 28.8. The highest BCUT2D eigenvalue weighted by Crippen LogP contribution is 2.47. The molecule has 4 heterocycles. The van der Waals surface area contributed by atoms with Crippen molar-refractivity contribution in [2.75, 3.05) is 0 Å². The van der Waals surface area contributed by atoms with E-state index in [2.05, 4.69) is 66.0 Å². The molecule has 238 valence electrons. The number of amidine groups is 1. The number of hydrogen-bond acceptors (Lipinski definition) is 7. The van der Waals surface area contributed by atoms with E-state index in [0.717, 1.165) is 68.6 Å². The molecular formula is C43H29N5OS. The van der Waals surface area contributed by atoms with Gasteiger partial charge in [-0.25, -0.2) is 19.9 Å². The largest absolute Gasteiger partial charge is 0.456 e. The number of aliphatic imine (C=N–C) groups is 1. The van der Waals surface area contributed by atoms with Crippen molar-refractivity contribution in [1.29, 1.82) is 0 Å². The first-order valence-electron chi connectivity index (χ1n) is 16.8. The van der Waals surface area contributed by atoms with Crippen LogP contribution in [-0.2, 0) is 0 Å². The van der Waals surface area contributed by atoms with Crippen molar-refractivity contribution in [3.05, 3.63) is 156 Å². The van der Waals surface area contributed by atoms with E-state index in [4.69, 9.17) is 24.4 Å². The van der Waals surface area contributed by atoms with E-state index in [1.165, 1.54) is 20.5 Å². The van der Waals surface area contributed by atoms with Gasteiger partial charge in [-0.05, 0) is 42.7 Å². The minimum atomic E-state index is 0.0150. The summed E-state index contributed by atoms with van der Waals surface area (Å²) < 4.78 is 7.81. The van der Waals surface area contributed by atoms with Gasteiger partial charge in [-0.1, -0.05) is 115 Å². The SMILES string of the molecule is C1=CCCC(C2NC(c3cc(-c4nc(-c5ccccc5)nc(-c5ccccc5)n4)c4c(c3)oc3ccccc34)=Nc3c2sc2ccccc32)=C1. The van der Waals surface area contributed by atoms with Gasteiger partial charge in [0.05, 0.1) is 16.6 Å². The number of aromatic nitrogens is 3. The minimum absolute atomic E-state index is 0.0150. The molecule has 0 spiro atoms. The van der Waals surface area contributed by atoms with Crippen molar-refractivity contribution in [3.63, 3.8) is 0 Å². The molecule has 1 unspecified atom stereocenters. The van der Waals surface area contributed by atoms with Crippen molar-refractivity contribution in [2.45, 2.75) is 18.9 Å². The molecule has 0 saturated heterocycles. The smallest absolute Gasteiger partial charge is 0.164 e. The Kier molecular flexibility index (Phi) is 6.77. The second-order valence-electron chi connectivity index (χ2n) is 12.6. The molecule has 2 aliphatic rings. The Bertz CT molecular complexity index is 2630. The Morgan fingerprint density at radius 1 is 0.660 bits per heavy atom. The Morgan fingerprint density at radius 3 is 2.08 bits per heavy atom. The van der Waals surface area contributed by atoms with Crippen LogP contribution in [0.2, 0.25) is 0 Å². The molecular weight excluding hydrogens is 635 g/mol. The lowest BCUT2D eigenvalue weighted by molar-refractivity contribution is 0.668. The molecule has 10 rings (SSSR count). The molecule has 1 aliphatic heterocycles. The van der Waals surface area contributed by atoms with E-state index in [-0.39, 0.29) is 6.04 Å². The molecule has 0 amide bonds. The van der Waals surface area contributed by atoms with Gasteiger partial charge in [0, 0.05) is 43.1 Å². The average Bonchev–Trinajstić information content (AvgIpc) is 3.76. The fraction of sp³-hybridized carbons (Fsp3) is 0.0698. The van der Waals surface area contributed by atoms with Gasteiger partial charge >= 0.3 is 0 Å². The second-order valence-corrected chi connectivity index (χ2v) is 13.7. The lowest BCUT2D eigenvalue weighted by Crippen LogP contribution is -2.32. The molecule has 1 atom stereocenters. The van der Waals surface area contributed by atoms with Crippen LogP contribution in [0, 0.1) is 0 Å². The van der Waals surface area contributed by atoms with Crippen molar-refractivity contribution in [1.82, 2.24) is 20.3 Å². The maximum Gasteiger partial charge on any atom is 0.164 e. The number of rotatable bonds is 5. The third-order valence-corrected chi connectivity index (χ3v) is 10.7. The number of para-hydroxylation sites is 1. The molecule has 1 aliphatic carbocycles. The first-order chi connectivity index (χ1) is 24.8. The number of furan rings is 1. The minimum Gasteiger partial charge on any atom is -0.456 e. The summed E-state index contributed by atoms with van der Waals surface area (Å²) in [6.07, 6.45) is 8.69. The van der Waals surface area contributed by atoms with E-state index in [0.29, 0.717) is 17.5 Å². The number of fused-ring (bicyclic) bond motifs is 6. The van der Waals surface area contributed by atoms with E-state index in [1.807, 2.05) is 90.2 Å². The highest BCUT2D eigenvalue weighted by atomic mass is 32.1. The molecule has 1 N–H and O–H groups in total. The second kappa shape index (κ2) is 11.8. The summed E-state index contributed by atoms with van der Waals surface area (Å²) in [5, 5.41) is 7.01. The Hall–Kier alpha value is -6.18. The number of nitrogens with zero attached hydrogens (tertiary/aromatic N) is 4. The predicted octanol–water partition coefficient (Wildman–Crippen LogP) is 11.0. The number of benzene rings is 5. The van der Waals surface area contributed by atoms with Crippen molar-refractivity contribution in [3.8, 4) is 34.2 Å². The Morgan fingerprint density at radius 2 is 1.34 bits per heavy atom. The highest BCUT2D eigenvalue weighted by molar-refractivity contribution is 7.19. The van der Waals surface area contributed by atoms with Gasteiger partial charge in [0.25, 0.3) is 0 Å². The van der Waals surface area contributed by atoms with Crippen LogP contribution in [0.1, 0.15) is 29.3 Å². The fourth-order valence-corrected chi connectivity index (χ4v) is 8.31. The summed E-state index contributed by atoms with van der Waals surface area (Å²) >= 11 is 1.82. The van der Waals surface area contributed by atoms with Gasteiger partial charge in [-0.3, -0.25) is 0 Å². The molecule has 5 aromatic carbocycles. The Labute approximate surface area is 292 Å². The van der Waals surface area contributed by atoms with E-state index in [1.54, 1.807) is 0 Å². The van der Waals surface area contributed by atoms with Gasteiger partial charge in [0.1, 0.15) is 17.0 Å². The van der Waals surface area contributed by atoms with Crippen LogP contribution >= 0.6 is 11.3 Å². The summed E-state index contributed by atoms with van der Waals surface area (Å²) in [6, 6.07) is 41.2. The molecule has 3 aromatic heterocycles. The van der Waals surface area contributed by atoms with Gasteiger partial charge in [-0.2, -0.15) is 0 Å². The zero-order chi connectivity index (χ0) is 33.0. The van der Waals surface area contributed by atoms with Crippen LogP contribution in [0.3, 0.4) is 0 Å². The molecule has 0 fully saturated rings. The molecule has 6 nitrogen and oxygen atoms in total. The number of nitrogens with one attached hydrogen (secondary N) is 1. The zero-order valence-corrected chi connectivity index (χ0v) is 27.7. The van der Waals surface area contributed by atoms with Gasteiger partial charge < -0.3 is 9.73 Å². The predicted molar refractivity (Wildman–Crippen MR) is 204 cm³/mol. The van der Waals surface area contributed by atoms with Crippen LogP contribution in [0.15, 0.2) is 155 Å². The van der Waals surface area contributed by atoms with E-state index >= 15 is 0 Å². The third-order valence-electron chi connectivity index (χ3n) is 9.47. The summed E-state index contributed by atoms with van der Waals surface area (Å²) in [4.78, 5) is 21.8. The fourth-order valence-electron chi connectivity index (χ4n) is 7.08.